The molecule has 1 aromatic rings. The third-order valence-electron chi connectivity index (χ3n) is 0.637. The second-order valence-corrected chi connectivity index (χ2v) is 3.19. The van der Waals surface area contributed by atoms with E-state index in [2.05, 4.69) is 9.92 Å². The molecule has 2 N–H and O–H groups in total. The van der Waals surface area contributed by atoms with Crippen molar-refractivity contribution in [3.05, 3.63) is 10.6 Å². The first kappa shape index (κ1) is 4.88. The number of hydrogen-bond acceptors (Lipinski definition) is 2. The van der Waals surface area contributed by atoms with Crippen LogP contribution in [0.25, 0.3) is 0 Å². The molecule has 0 amide bonds. The zero-order valence-electron chi connectivity index (χ0n) is 4.01. The predicted molar refractivity (Wildman–Crippen MR) is 30.3 cm³/mol. The van der Waals surface area contributed by atoms with Crippen molar-refractivity contribution in [1.29, 1.82) is 0 Å². The maximum absolute atomic E-state index is 5.35. The summed E-state index contributed by atoms with van der Waals surface area (Å²) in [5.74, 6) is 0. The van der Waals surface area contributed by atoms with Gasteiger partial charge in [-0.25, -0.2) is 0 Å². The number of anilines is 1. The van der Waals surface area contributed by atoms with Gasteiger partial charge in [-0.15, -0.1) is 0 Å². The van der Waals surface area contributed by atoms with Gasteiger partial charge in [-0.1, -0.05) is 0 Å². The zero-order valence-corrected chi connectivity index (χ0v) is 5.72. The van der Waals surface area contributed by atoms with E-state index in [0.717, 1.165) is 10.4 Å². The fraction of sp³-hybridized carbons (Fsp3) is 0.250. The van der Waals surface area contributed by atoms with Gasteiger partial charge in [0.1, 0.15) is 0 Å². The summed E-state index contributed by atoms with van der Waals surface area (Å²) in [6, 6.07) is 0. The molecule has 0 spiro atoms. The molecule has 1 aromatic heterocycles. The Labute approximate surface area is 48.1 Å². The van der Waals surface area contributed by atoms with Gasteiger partial charge in [-0.05, 0) is 0 Å². The molecule has 38 valence electrons. The topological polar surface area (TPSA) is 38.9 Å². The minimum atomic E-state index is 0.365. The van der Waals surface area contributed by atoms with Crippen LogP contribution in [0.1, 0.15) is 5.69 Å². The summed E-state index contributed by atoms with van der Waals surface area (Å²) >= 11 is 0.365. The van der Waals surface area contributed by atoms with Crippen LogP contribution < -0.4 is 5.73 Å². The molecule has 0 saturated carbocycles. The van der Waals surface area contributed by atoms with Crippen molar-refractivity contribution in [1.82, 2.24) is 4.98 Å². The normalized spacial score (nSPS) is 9.29. The van der Waals surface area contributed by atoms with Gasteiger partial charge in [0.05, 0.1) is 0 Å². The summed E-state index contributed by atoms with van der Waals surface area (Å²) in [4.78, 5) is 6.04. The standard InChI is InChI=1S/C4H6N2Se/c1-3-2-7-4(5)6-3/h2H,1H3,(H2,5,6). The van der Waals surface area contributed by atoms with Crippen LogP contribution in [-0.2, 0) is 0 Å². The number of nitrogens with zero attached hydrogens (tertiary/aromatic N) is 1. The van der Waals surface area contributed by atoms with Gasteiger partial charge in [0, 0.05) is 0 Å². The molecule has 0 unspecified atom stereocenters. The van der Waals surface area contributed by atoms with Crippen LogP contribution in [0.15, 0.2) is 4.94 Å². The van der Waals surface area contributed by atoms with E-state index in [1.54, 1.807) is 0 Å². The summed E-state index contributed by atoms with van der Waals surface area (Å²) in [5.41, 5.74) is 6.42. The van der Waals surface area contributed by atoms with E-state index in [1.807, 2.05) is 6.92 Å². The zero-order chi connectivity index (χ0) is 5.28. The Morgan fingerprint density at radius 3 is 2.71 bits per heavy atom. The minimum absolute atomic E-state index is 0.365. The maximum atomic E-state index is 5.35. The van der Waals surface area contributed by atoms with E-state index in [1.165, 1.54) is 0 Å². The van der Waals surface area contributed by atoms with Crippen LogP contribution in [0.5, 0.6) is 0 Å². The molecule has 0 fully saturated rings. The van der Waals surface area contributed by atoms with Crippen molar-refractivity contribution in [3.63, 3.8) is 0 Å². The molecule has 3 heteroatoms. The van der Waals surface area contributed by atoms with Gasteiger partial charge in [0.25, 0.3) is 0 Å². The molecule has 1 heterocycles. The Kier molecular flexibility index (Phi) is 1.17. The van der Waals surface area contributed by atoms with E-state index in [4.69, 9.17) is 5.73 Å². The second kappa shape index (κ2) is 1.68. The van der Waals surface area contributed by atoms with Crippen molar-refractivity contribution in [2.45, 2.75) is 6.92 Å². The summed E-state index contributed by atoms with van der Waals surface area (Å²) < 4.78 is 0.796. The Morgan fingerprint density at radius 2 is 2.57 bits per heavy atom. The van der Waals surface area contributed by atoms with Gasteiger partial charge in [0.15, 0.2) is 0 Å². The molecule has 0 aromatic carbocycles. The van der Waals surface area contributed by atoms with Crippen LogP contribution in [0.4, 0.5) is 4.69 Å². The molecule has 0 atom stereocenters. The van der Waals surface area contributed by atoms with Gasteiger partial charge in [0.2, 0.25) is 0 Å². The molecule has 0 saturated heterocycles. The SMILES string of the molecule is Cc1c[se]c(N)n1. The first-order valence-corrected chi connectivity index (χ1v) is 3.81. The van der Waals surface area contributed by atoms with Crippen molar-refractivity contribution in [2.75, 3.05) is 5.73 Å². The third-order valence-corrected chi connectivity index (χ3v) is 2.30. The molecule has 0 aliphatic heterocycles. The van der Waals surface area contributed by atoms with Crippen LogP contribution in [0.3, 0.4) is 0 Å². The fourth-order valence-corrected chi connectivity index (χ4v) is 1.51. The first-order valence-electron chi connectivity index (χ1n) is 1.96. The van der Waals surface area contributed by atoms with E-state index < -0.39 is 0 Å². The first-order chi connectivity index (χ1) is 3.29. The average molecular weight is 161 g/mol. The number of nitrogens with two attached hydrogens (primary N) is 1. The second-order valence-electron chi connectivity index (χ2n) is 1.33. The van der Waals surface area contributed by atoms with Crippen molar-refractivity contribution < 1.29 is 0 Å². The fourth-order valence-electron chi connectivity index (χ4n) is 0.372. The summed E-state index contributed by atoms with van der Waals surface area (Å²) in [6.07, 6.45) is 0. The molecule has 0 aliphatic carbocycles. The Balaban J connectivity index is 3.04. The van der Waals surface area contributed by atoms with E-state index in [0.29, 0.717) is 14.5 Å². The average Bonchev–Trinajstić information content (AvgIpc) is 1.87. The van der Waals surface area contributed by atoms with E-state index >= 15 is 0 Å². The third kappa shape index (κ3) is 1.05. The van der Waals surface area contributed by atoms with Gasteiger partial charge in [-0.3, -0.25) is 0 Å². The molecule has 0 bridgehead atoms. The predicted octanol–water partition coefficient (Wildman–Crippen LogP) is 0.0292. The van der Waals surface area contributed by atoms with Gasteiger partial charge < -0.3 is 0 Å². The summed E-state index contributed by atoms with van der Waals surface area (Å²) in [6.45, 7) is 1.96. The Morgan fingerprint density at radius 1 is 1.86 bits per heavy atom. The molecule has 0 radical (unpaired) electrons. The Hall–Kier alpha value is -0.271. The molecule has 1 rings (SSSR count). The number of aryl methyl sites for hydroxylation is 1. The summed E-state index contributed by atoms with van der Waals surface area (Å²) in [7, 11) is 0. The summed E-state index contributed by atoms with van der Waals surface area (Å²) in [5, 5.41) is 0. The van der Waals surface area contributed by atoms with Gasteiger partial charge >= 0.3 is 47.5 Å². The number of rotatable bonds is 0. The van der Waals surface area contributed by atoms with E-state index in [-0.39, 0.29) is 0 Å². The van der Waals surface area contributed by atoms with Crippen LogP contribution in [-0.4, -0.2) is 19.5 Å². The quantitative estimate of drug-likeness (QED) is 0.545. The number of hydrogen-bond donors (Lipinski definition) is 1. The molecular weight excluding hydrogens is 155 g/mol. The van der Waals surface area contributed by atoms with Crippen molar-refractivity contribution in [2.24, 2.45) is 0 Å². The van der Waals surface area contributed by atoms with Gasteiger partial charge in [-0.2, -0.15) is 0 Å². The van der Waals surface area contributed by atoms with E-state index in [9.17, 15) is 0 Å². The van der Waals surface area contributed by atoms with Crippen LogP contribution >= 0.6 is 0 Å². The molecule has 2 nitrogen and oxygen atoms in total. The molecular formula is C4H6N2Se. The monoisotopic (exact) mass is 162 g/mol. The van der Waals surface area contributed by atoms with Crippen LogP contribution in [0.2, 0.25) is 0 Å². The number of aromatic nitrogens is 1. The number of nitrogen functional groups attached to an aromatic ring is 1. The van der Waals surface area contributed by atoms with Crippen molar-refractivity contribution >= 4 is 19.2 Å². The van der Waals surface area contributed by atoms with Crippen LogP contribution in [0, 0.1) is 6.92 Å². The molecule has 7 heavy (non-hydrogen) atoms. The van der Waals surface area contributed by atoms with Crippen molar-refractivity contribution in [3.8, 4) is 0 Å². The Bertz CT molecular complexity index is 142. The molecule has 0 aliphatic rings.